The highest BCUT2D eigenvalue weighted by Crippen LogP contribution is 2.33. The number of benzene rings is 1. The van der Waals surface area contributed by atoms with Crippen molar-refractivity contribution in [3.05, 3.63) is 17.7 Å². The fraction of sp³-hybridized carbons (Fsp3) is 0.462. The van der Waals surface area contributed by atoms with E-state index < -0.39 is 16.1 Å². The molecule has 0 spiro atoms. The standard InChI is InChI=1S/C13H18N2O5S/c1-8-6-9(15-13(16)10-4-3-5-20-10)12(19-2)11(7-8)21(14,17)18/h6-7,10H,3-5H2,1-2H3,(H,15,16)(H2,14,17,18). The SMILES string of the molecule is COc1c(NC(=O)C2CCCO2)cc(C)cc1S(N)(=O)=O. The topological polar surface area (TPSA) is 108 Å². The minimum Gasteiger partial charge on any atom is -0.493 e. The molecule has 1 atom stereocenters. The van der Waals surface area contributed by atoms with Gasteiger partial charge in [0, 0.05) is 6.61 Å². The summed E-state index contributed by atoms with van der Waals surface area (Å²) in [5.74, 6) is -0.300. The van der Waals surface area contributed by atoms with Crippen molar-refractivity contribution in [1.82, 2.24) is 0 Å². The average Bonchev–Trinajstić information content (AvgIpc) is 2.91. The molecule has 3 N–H and O–H groups in total. The maximum absolute atomic E-state index is 12.1. The maximum atomic E-state index is 12.1. The number of hydrogen-bond donors (Lipinski definition) is 2. The molecule has 21 heavy (non-hydrogen) atoms. The molecule has 0 aromatic heterocycles. The summed E-state index contributed by atoms with van der Waals surface area (Å²) in [6, 6.07) is 3.02. The zero-order valence-electron chi connectivity index (χ0n) is 11.9. The Balaban J connectivity index is 2.38. The van der Waals surface area contributed by atoms with E-state index in [1.54, 1.807) is 13.0 Å². The van der Waals surface area contributed by atoms with Gasteiger partial charge < -0.3 is 14.8 Å². The second-order valence-corrected chi connectivity index (χ2v) is 6.41. The van der Waals surface area contributed by atoms with Crippen molar-refractivity contribution < 1.29 is 22.7 Å². The van der Waals surface area contributed by atoms with Crippen LogP contribution in [0, 0.1) is 6.92 Å². The summed E-state index contributed by atoms with van der Waals surface area (Å²) in [7, 11) is -2.63. The van der Waals surface area contributed by atoms with Gasteiger partial charge in [-0.05, 0) is 37.5 Å². The van der Waals surface area contributed by atoms with E-state index in [1.165, 1.54) is 13.2 Å². The number of sulfonamides is 1. The molecular formula is C13H18N2O5S. The van der Waals surface area contributed by atoms with Crippen LogP contribution in [0.5, 0.6) is 5.75 Å². The molecule has 1 aliphatic heterocycles. The van der Waals surface area contributed by atoms with Gasteiger partial charge in [0.05, 0.1) is 12.8 Å². The number of carbonyl (C=O) groups excluding carboxylic acids is 1. The Labute approximate surface area is 123 Å². The monoisotopic (exact) mass is 314 g/mol. The number of amides is 1. The highest BCUT2D eigenvalue weighted by Gasteiger charge is 2.26. The minimum absolute atomic E-state index is 0.0226. The van der Waals surface area contributed by atoms with E-state index in [9.17, 15) is 13.2 Å². The van der Waals surface area contributed by atoms with Crippen molar-refractivity contribution >= 4 is 21.6 Å². The highest BCUT2D eigenvalue weighted by molar-refractivity contribution is 7.89. The lowest BCUT2D eigenvalue weighted by Gasteiger charge is -2.16. The van der Waals surface area contributed by atoms with Gasteiger partial charge in [-0.15, -0.1) is 0 Å². The van der Waals surface area contributed by atoms with Gasteiger partial charge in [-0.2, -0.15) is 0 Å². The largest absolute Gasteiger partial charge is 0.493 e. The Kier molecular flexibility index (Phi) is 4.50. The lowest BCUT2D eigenvalue weighted by molar-refractivity contribution is -0.124. The van der Waals surface area contributed by atoms with Crippen molar-refractivity contribution in [1.29, 1.82) is 0 Å². The van der Waals surface area contributed by atoms with Crippen molar-refractivity contribution in [2.75, 3.05) is 19.0 Å². The summed E-state index contributed by atoms with van der Waals surface area (Å²) in [6.45, 7) is 2.25. The minimum atomic E-state index is -3.95. The van der Waals surface area contributed by atoms with Crippen molar-refractivity contribution in [3.8, 4) is 5.75 Å². The lowest BCUT2D eigenvalue weighted by atomic mass is 10.2. The lowest BCUT2D eigenvalue weighted by Crippen LogP contribution is -2.27. The summed E-state index contributed by atoms with van der Waals surface area (Å²) in [4.78, 5) is 11.9. The Morgan fingerprint density at radius 3 is 2.71 bits per heavy atom. The van der Waals surface area contributed by atoms with E-state index in [1.807, 2.05) is 0 Å². The fourth-order valence-corrected chi connectivity index (χ4v) is 3.05. The summed E-state index contributed by atoms with van der Waals surface area (Å²) < 4.78 is 33.6. The molecule has 1 saturated heterocycles. The van der Waals surface area contributed by atoms with Gasteiger partial charge in [0.1, 0.15) is 11.0 Å². The van der Waals surface area contributed by atoms with Gasteiger partial charge in [-0.25, -0.2) is 13.6 Å². The first-order valence-corrected chi connectivity index (χ1v) is 8.01. The van der Waals surface area contributed by atoms with E-state index in [4.69, 9.17) is 14.6 Å². The van der Waals surface area contributed by atoms with Crippen molar-refractivity contribution in [2.24, 2.45) is 5.14 Å². The third kappa shape index (κ3) is 3.52. The number of aryl methyl sites for hydroxylation is 1. The zero-order valence-corrected chi connectivity index (χ0v) is 12.7. The van der Waals surface area contributed by atoms with Crippen LogP contribution in [0.25, 0.3) is 0 Å². The normalized spacial score (nSPS) is 18.5. The van der Waals surface area contributed by atoms with Crippen molar-refractivity contribution in [3.63, 3.8) is 0 Å². The Bertz CT molecular complexity index is 651. The number of carbonyl (C=O) groups is 1. The maximum Gasteiger partial charge on any atom is 0.253 e. The molecule has 8 heteroatoms. The molecular weight excluding hydrogens is 296 g/mol. The molecule has 1 heterocycles. The van der Waals surface area contributed by atoms with E-state index in [2.05, 4.69) is 5.32 Å². The number of nitrogens with two attached hydrogens (primary N) is 1. The number of anilines is 1. The van der Waals surface area contributed by atoms with Gasteiger partial charge >= 0.3 is 0 Å². The number of rotatable bonds is 4. The van der Waals surface area contributed by atoms with Crippen LogP contribution in [0.4, 0.5) is 5.69 Å². The fourth-order valence-electron chi connectivity index (χ4n) is 2.25. The average molecular weight is 314 g/mol. The number of ether oxygens (including phenoxy) is 2. The molecule has 0 bridgehead atoms. The second-order valence-electron chi connectivity index (χ2n) is 4.88. The van der Waals surface area contributed by atoms with Crippen LogP contribution < -0.4 is 15.2 Å². The van der Waals surface area contributed by atoms with E-state index in [-0.39, 0.29) is 22.2 Å². The van der Waals surface area contributed by atoms with Crippen LogP contribution in [0.1, 0.15) is 18.4 Å². The van der Waals surface area contributed by atoms with Gasteiger partial charge in [-0.1, -0.05) is 0 Å². The molecule has 1 unspecified atom stereocenters. The van der Waals surface area contributed by atoms with Crippen LogP contribution in [0.15, 0.2) is 17.0 Å². The first kappa shape index (κ1) is 15.7. The molecule has 0 saturated carbocycles. The summed E-state index contributed by atoms with van der Waals surface area (Å²) in [5, 5.41) is 7.83. The quantitative estimate of drug-likeness (QED) is 0.853. The number of primary sulfonamides is 1. The second kappa shape index (κ2) is 6.00. The summed E-state index contributed by atoms with van der Waals surface area (Å²) in [6.07, 6.45) is 0.946. The van der Waals surface area contributed by atoms with Gasteiger partial charge in [-0.3, -0.25) is 4.79 Å². The Hall–Kier alpha value is -1.64. The van der Waals surface area contributed by atoms with Gasteiger partial charge in [0.2, 0.25) is 10.0 Å². The van der Waals surface area contributed by atoms with Gasteiger partial charge in [0.15, 0.2) is 5.75 Å². The van der Waals surface area contributed by atoms with E-state index in [0.717, 1.165) is 6.42 Å². The zero-order chi connectivity index (χ0) is 15.6. The predicted octanol–water partition coefficient (Wildman–Crippen LogP) is 0.769. The molecule has 7 nitrogen and oxygen atoms in total. The molecule has 1 fully saturated rings. The summed E-state index contributed by atoms with van der Waals surface area (Å²) in [5.41, 5.74) is 0.907. The first-order chi connectivity index (χ1) is 9.82. The Morgan fingerprint density at radius 2 is 2.19 bits per heavy atom. The predicted molar refractivity (Wildman–Crippen MR) is 76.7 cm³/mol. The van der Waals surface area contributed by atoms with Crippen LogP contribution >= 0.6 is 0 Å². The molecule has 116 valence electrons. The number of methoxy groups -OCH3 is 1. The van der Waals surface area contributed by atoms with Crippen LogP contribution in [0.2, 0.25) is 0 Å². The smallest absolute Gasteiger partial charge is 0.253 e. The number of hydrogen-bond acceptors (Lipinski definition) is 5. The van der Waals surface area contributed by atoms with Crippen molar-refractivity contribution in [2.45, 2.75) is 30.8 Å². The van der Waals surface area contributed by atoms with Gasteiger partial charge in [0.25, 0.3) is 5.91 Å². The first-order valence-electron chi connectivity index (χ1n) is 6.47. The van der Waals surface area contributed by atoms with Crippen LogP contribution in [-0.4, -0.2) is 34.1 Å². The highest BCUT2D eigenvalue weighted by atomic mass is 32.2. The number of nitrogens with one attached hydrogen (secondary N) is 1. The van der Waals surface area contributed by atoms with Crippen LogP contribution in [0.3, 0.4) is 0 Å². The molecule has 1 aromatic rings. The molecule has 2 rings (SSSR count). The Morgan fingerprint density at radius 1 is 1.48 bits per heavy atom. The molecule has 0 aliphatic carbocycles. The third-order valence-corrected chi connectivity index (χ3v) is 4.11. The molecule has 1 aliphatic rings. The van der Waals surface area contributed by atoms with E-state index >= 15 is 0 Å². The third-order valence-electron chi connectivity index (χ3n) is 3.19. The van der Waals surface area contributed by atoms with Crippen LogP contribution in [-0.2, 0) is 19.6 Å². The molecule has 1 amide bonds. The summed E-state index contributed by atoms with van der Waals surface area (Å²) >= 11 is 0. The van der Waals surface area contributed by atoms with E-state index in [0.29, 0.717) is 18.6 Å². The molecule has 0 radical (unpaired) electrons. The molecule has 1 aromatic carbocycles.